The highest BCUT2D eigenvalue weighted by Crippen LogP contribution is 2.18. The molecule has 0 aliphatic heterocycles. The fourth-order valence-corrected chi connectivity index (χ4v) is 3.56. The molecule has 0 aromatic heterocycles. The summed E-state index contributed by atoms with van der Waals surface area (Å²) in [5.74, 6) is -1.42. The van der Waals surface area contributed by atoms with Crippen molar-refractivity contribution in [2.75, 3.05) is 33.2 Å². The van der Waals surface area contributed by atoms with Gasteiger partial charge in [-0.3, -0.25) is 4.79 Å². The van der Waals surface area contributed by atoms with Crippen molar-refractivity contribution in [3.63, 3.8) is 0 Å². The van der Waals surface area contributed by atoms with E-state index < -0.39 is 27.9 Å². The number of sulfonamides is 1. The minimum atomic E-state index is -3.80. The number of hydrogen-bond donors (Lipinski definition) is 2. The topological polar surface area (TPSA) is 137 Å². The third-order valence-corrected chi connectivity index (χ3v) is 5.55. The van der Waals surface area contributed by atoms with Crippen molar-refractivity contribution in [3.05, 3.63) is 53.6 Å². The van der Waals surface area contributed by atoms with Crippen LogP contribution >= 0.6 is 0 Å². The number of nitrogens with one attached hydrogen (secondary N) is 2. The van der Waals surface area contributed by atoms with Gasteiger partial charge in [0.25, 0.3) is 0 Å². The van der Waals surface area contributed by atoms with Crippen molar-refractivity contribution < 1.29 is 37.0 Å². The average molecular weight is 450 g/mol. The lowest BCUT2D eigenvalue weighted by Crippen LogP contribution is -2.28. The highest BCUT2D eigenvalue weighted by molar-refractivity contribution is 7.89. The Bertz CT molecular complexity index is 1030. The van der Waals surface area contributed by atoms with E-state index in [9.17, 15) is 22.8 Å². The molecule has 0 radical (unpaired) electrons. The van der Waals surface area contributed by atoms with Crippen LogP contribution in [0.1, 0.15) is 27.1 Å². The number of methoxy groups -OCH3 is 3. The molecule has 0 saturated heterocycles. The highest BCUT2D eigenvalue weighted by atomic mass is 32.2. The van der Waals surface area contributed by atoms with Crippen molar-refractivity contribution in [1.82, 2.24) is 4.72 Å². The number of hydrogen-bond acceptors (Lipinski definition) is 8. The minimum absolute atomic E-state index is 0.0298. The molecule has 0 fully saturated rings. The Morgan fingerprint density at radius 2 is 1.42 bits per heavy atom. The molecule has 0 heterocycles. The molecule has 31 heavy (non-hydrogen) atoms. The molecule has 0 bridgehead atoms. The first-order valence-electron chi connectivity index (χ1n) is 8.95. The Morgan fingerprint density at radius 1 is 0.871 bits per heavy atom. The van der Waals surface area contributed by atoms with Crippen LogP contribution in [0.5, 0.6) is 5.75 Å². The van der Waals surface area contributed by atoms with Crippen LogP contribution in [0.4, 0.5) is 5.69 Å². The number of esters is 2. The molecule has 2 aromatic rings. The van der Waals surface area contributed by atoms with Crippen LogP contribution in [0.15, 0.2) is 47.4 Å². The minimum Gasteiger partial charge on any atom is -0.497 e. The van der Waals surface area contributed by atoms with Crippen molar-refractivity contribution >= 4 is 33.6 Å². The summed E-state index contributed by atoms with van der Waals surface area (Å²) in [5.41, 5.74) is 0.244. The number of carbonyl (C=O) groups is 3. The van der Waals surface area contributed by atoms with Crippen LogP contribution in [0, 0.1) is 0 Å². The average Bonchev–Trinajstić information content (AvgIpc) is 2.77. The SMILES string of the molecule is COC(=O)c1cc(NC(=O)CCNS(=O)(=O)c2ccc(OC)cc2)cc(C(=O)OC)c1. The summed E-state index contributed by atoms with van der Waals surface area (Å²) in [7, 11) is 0.0250. The Morgan fingerprint density at radius 3 is 1.90 bits per heavy atom. The van der Waals surface area contributed by atoms with Crippen molar-refractivity contribution in [3.8, 4) is 5.75 Å². The number of anilines is 1. The third-order valence-electron chi connectivity index (χ3n) is 4.07. The first kappa shape index (κ1) is 23.8. The quantitative estimate of drug-likeness (QED) is 0.549. The number of ether oxygens (including phenoxy) is 3. The Kier molecular flexibility index (Phi) is 8.11. The molecule has 2 rings (SSSR count). The fourth-order valence-electron chi connectivity index (χ4n) is 2.53. The maximum Gasteiger partial charge on any atom is 0.337 e. The van der Waals surface area contributed by atoms with E-state index in [2.05, 4.69) is 19.5 Å². The van der Waals surface area contributed by atoms with Gasteiger partial charge in [0.15, 0.2) is 0 Å². The molecular weight excluding hydrogens is 428 g/mol. The predicted molar refractivity (Wildman–Crippen MR) is 111 cm³/mol. The molecule has 2 N–H and O–H groups in total. The molecular formula is C20H22N2O8S. The van der Waals surface area contributed by atoms with E-state index in [0.717, 1.165) is 0 Å². The van der Waals surface area contributed by atoms with Gasteiger partial charge in [-0.05, 0) is 42.5 Å². The number of amides is 1. The highest BCUT2D eigenvalue weighted by Gasteiger charge is 2.17. The first-order chi connectivity index (χ1) is 14.7. The van der Waals surface area contributed by atoms with Crippen LogP contribution in [0.3, 0.4) is 0 Å². The van der Waals surface area contributed by atoms with Gasteiger partial charge in [0, 0.05) is 18.7 Å². The van der Waals surface area contributed by atoms with E-state index in [1.165, 1.54) is 63.8 Å². The van der Waals surface area contributed by atoms with Crippen LogP contribution < -0.4 is 14.8 Å². The van der Waals surface area contributed by atoms with Gasteiger partial charge in [0.1, 0.15) is 5.75 Å². The standard InChI is InChI=1S/C20H22N2O8S/c1-28-16-4-6-17(7-5-16)31(26,27)21-9-8-18(23)22-15-11-13(19(24)29-2)10-14(12-15)20(25)30-3/h4-7,10-12,21H,8-9H2,1-3H3,(H,22,23). The Balaban J connectivity index is 2.03. The number of rotatable bonds is 9. The molecule has 11 heteroatoms. The predicted octanol–water partition coefficient (Wildman–Crippen LogP) is 1.58. The summed E-state index contributed by atoms with van der Waals surface area (Å²) in [5, 5.41) is 2.52. The summed E-state index contributed by atoms with van der Waals surface area (Å²) in [6.45, 7) is -0.166. The summed E-state index contributed by atoms with van der Waals surface area (Å²) in [6, 6.07) is 9.72. The van der Waals surface area contributed by atoms with Gasteiger partial charge >= 0.3 is 11.9 Å². The zero-order valence-corrected chi connectivity index (χ0v) is 17.9. The summed E-state index contributed by atoms with van der Waals surface area (Å²) in [6.07, 6.45) is -0.189. The zero-order valence-electron chi connectivity index (χ0n) is 17.1. The molecule has 1 amide bonds. The maximum absolute atomic E-state index is 12.3. The lowest BCUT2D eigenvalue weighted by atomic mass is 10.1. The molecule has 10 nitrogen and oxygen atoms in total. The Hall–Kier alpha value is -3.44. The molecule has 2 aromatic carbocycles. The van der Waals surface area contributed by atoms with Gasteiger partial charge in [-0.25, -0.2) is 22.7 Å². The van der Waals surface area contributed by atoms with Crippen molar-refractivity contribution in [1.29, 1.82) is 0 Å². The van der Waals surface area contributed by atoms with E-state index in [0.29, 0.717) is 5.75 Å². The molecule has 0 spiro atoms. The van der Waals surface area contributed by atoms with Gasteiger partial charge in [0.05, 0.1) is 37.4 Å². The van der Waals surface area contributed by atoms with Crippen LogP contribution in [0.25, 0.3) is 0 Å². The largest absolute Gasteiger partial charge is 0.497 e. The second-order valence-corrected chi connectivity index (χ2v) is 7.92. The molecule has 0 unspecified atom stereocenters. The Labute approximate surface area is 179 Å². The number of benzene rings is 2. The molecule has 0 aliphatic carbocycles. The second-order valence-electron chi connectivity index (χ2n) is 6.15. The van der Waals surface area contributed by atoms with E-state index in [1.807, 2.05) is 0 Å². The van der Waals surface area contributed by atoms with E-state index in [4.69, 9.17) is 4.74 Å². The first-order valence-corrected chi connectivity index (χ1v) is 10.4. The second kappa shape index (κ2) is 10.5. The van der Waals surface area contributed by atoms with Crippen molar-refractivity contribution in [2.24, 2.45) is 0 Å². The van der Waals surface area contributed by atoms with E-state index in [-0.39, 0.29) is 34.7 Å². The van der Waals surface area contributed by atoms with Crippen LogP contribution in [0.2, 0.25) is 0 Å². The van der Waals surface area contributed by atoms with Crippen molar-refractivity contribution in [2.45, 2.75) is 11.3 Å². The van der Waals surface area contributed by atoms with Gasteiger partial charge < -0.3 is 19.5 Å². The zero-order chi connectivity index (χ0) is 23.0. The fraction of sp³-hybridized carbons (Fsp3) is 0.250. The lowest BCUT2D eigenvalue weighted by Gasteiger charge is -2.10. The van der Waals surface area contributed by atoms with E-state index >= 15 is 0 Å². The summed E-state index contributed by atoms with van der Waals surface area (Å²) in [4.78, 5) is 35.9. The third kappa shape index (κ3) is 6.52. The van der Waals surface area contributed by atoms with Gasteiger partial charge in [-0.2, -0.15) is 0 Å². The number of carbonyl (C=O) groups excluding carboxylic acids is 3. The van der Waals surface area contributed by atoms with Gasteiger partial charge in [0.2, 0.25) is 15.9 Å². The van der Waals surface area contributed by atoms with Gasteiger partial charge in [-0.1, -0.05) is 0 Å². The maximum atomic E-state index is 12.3. The van der Waals surface area contributed by atoms with Crippen LogP contribution in [-0.2, 0) is 24.3 Å². The molecule has 166 valence electrons. The van der Waals surface area contributed by atoms with Crippen LogP contribution in [-0.4, -0.2) is 54.1 Å². The molecule has 0 saturated carbocycles. The normalized spacial score (nSPS) is 10.8. The molecule has 0 atom stereocenters. The summed E-state index contributed by atoms with van der Waals surface area (Å²) < 4.78 is 41.2. The summed E-state index contributed by atoms with van der Waals surface area (Å²) >= 11 is 0. The lowest BCUT2D eigenvalue weighted by molar-refractivity contribution is -0.116. The van der Waals surface area contributed by atoms with E-state index in [1.54, 1.807) is 0 Å². The van der Waals surface area contributed by atoms with Gasteiger partial charge in [-0.15, -0.1) is 0 Å². The monoisotopic (exact) mass is 450 g/mol. The molecule has 0 aliphatic rings. The smallest absolute Gasteiger partial charge is 0.337 e.